The summed E-state index contributed by atoms with van der Waals surface area (Å²) in [6, 6.07) is 6.07. The lowest BCUT2D eigenvalue weighted by atomic mass is 9.82. The Balaban J connectivity index is 1.46. The van der Waals surface area contributed by atoms with Crippen molar-refractivity contribution in [1.29, 1.82) is 0 Å². The van der Waals surface area contributed by atoms with Crippen molar-refractivity contribution in [2.45, 2.75) is 58.0 Å². The van der Waals surface area contributed by atoms with Gasteiger partial charge in [0.05, 0.1) is 6.20 Å². The molecule has 0 bridgehead atoms. The zero-order valence-corrected chi connectivity index (χ0v) is 21.4. The zero-order valence-electron chi connectivity index (χ0n) is 21.4. The van der Waals surface area contributed by atoms with Crippen molar-refractivity contribution in [2.75, 3.05) is 19.4 Å². The van der Waals surface area contributed by atoms with Crippen LogP contribution >= 0.6 is 0 Å². The van der Waals surface area contributed by atoms with E-state index in [1.54, 1.807) is 18.8 Å². The number of rotatable bonds is 7. The fourth-order valence-electron chi connectivity index (χ4n) is 4.79. The van der Waals surface area contributed by atoms with Gasteiger partial charge in [0, 0.05) is 63.4 Å². The summed E-state index contributed by atoms with van der Waals surface area (Å²) < 4.78 is 3.60. The van der Waals surface area contributed by atoms with E-state index in [-0.39, 0.29) is 17.5 Å². The average molecular weight is 477 g/mol. The van der Waals surface area contributed by atoms with Crippen LogP contribution in [-0.4, -0.2) is 50.3 Å². The van der Waals surface area contributed by atoms with Gasteiger partial charge in [0.1, 0.15) is 11.4 Å². The van der Waals surface area contributed by atoms with Crippen LogP contribution in [0.25, 0.3) is 11.1 Å². The Bertz CT molecular complexity index is 1220. The molecule has 0 unspecified atom stereocenters. The van der Waals surface area contributed by atoms with E-state index in [0.717, 1.165) is 36.8 Å². The highest BCUT2D eigenvalue weighted by molar-refractivity contribution is 5.91. The Morgan fingerprint density at radius 1 is 1.11 bits per heavy atom. The minimum atomic E-state index is -0.0823. The first-order valence-corrected chi connectivity index (χ1v) is 12.4. The number of carbonyl (C=O) groups excluding carboxylic acids is 1. The minimum Gasteiger partial charge on any atom is -0.378 e. The SMILES string of the molecule is CC(C)Cn1cc(-c2cnn(C)c2)cc(N[C@H]2CC[C@@H](c3ccc(C(=O)N(C)C)nc3)CC2)c1=O. The van der Waals surface area contributed by atoms with Gasteiger partial charge in [-0.3, -0.25) is 19.3 Å². The second kappa shape index (κ2) is 10.5. The van der Waals surface area contributed by atoms with E-state index in [9.17, 15) is 9.59 Å². The van der Waals surface area contributed by atoms with Gasteiger partial charge >= 0.3 is 0 Å². The minimum absolute atomic E-state index is 0.0267. The number of amides is 1. The molecule has 1 aliphatic rings. The molecule has 3 aromatic rings. The smallest absolute Gasteiger partial charge is 0.273 e. The number of hydrogen-bond acceptors (Lipinski definition) is 5. The lowest BCUT2D eigenvalue weighted by Gasteiger charge is -2.30. The number of anilines is 1. The number of carbonyl (C=O) groups is 1. The highest BCUT2D eigenvalue weighted by Crippen LogP contribution is 2.34. The van der Waals surface area contributed by atoms with Crippen LogP contribution in [0.3, 0.4) is 0 Å². The Hall–Kier alpha value is -3.42. The largest absolute Gasteiger partial charge is 0.378 e. The molecular formula is C27H36N6O2. The van der Waals surface area contributed by atoms with E-state index in [4.69, 9.17) is 0 Å². The molecular weight excluding hydrogens is 440 g/mol. The summed E-state index contributed by atoms with van der Waals surface area (Å²) in [6.45, 7) is 4.92. The van der Waals surface area contributed by atoms with Crippen LogP contribution in [0, 0.1) is 5.92 Å². The van der Waals surface area contributed by atoms with Gasteiger partial charge in [0.25, 0.3) is 11.5 Å². The van der Waals surface area contributed by atoms with Crippen LogP contribution in [0.15, 0.2) is 47.8 Å². The standard InChI is InChI=1S/C27H36N6O2/c1-18(2)15-33-17-21(22-14-29-32(5)16-22)12-25(27(33)35)30-23-9-6-19(7-10-23)20-8-11-24(28-13-20)26(34)31(3)4/h8,11-14,16-19,23,30H,6-7,9-10,15H2,1-5H3/t19-,23+. The lowest BCUT2D eigenvalue weighted by Crippen LogP contribution is -2.31. The number of nitrogens with zero attached hydrogens (tertiary/aromatic N) is 5. The second-order valence-electron chi connectivity index (χ2n) is 10.3. The molecule has 0 aliphatic heterocycles. The van der Waals surface area contributed by atoms with E-state index < -0.39 is 0 Å². The molecule has 0 radical (unpaired) electrons. The molecule has 8 nitrogen and oxygen atoms in total. The van der Waals surface area contributed by atoms with Gasteiger partial charge in [-0.05, 0) is 55.2 Å². The van der Waals surface area contributed by atoms with Crippen LogP contribution in [0.4, 0.5) is 5.69 Å². The van der Waals surface area contributed by atoms with Crippen LogP contribution in [0.2, 0.25) is 0 Å². The Morgan fingerprint density at radius 2 is 1.86 bits per heavy atom. The third kappa shape index (κ3) is 5.81. The van der Waals surface area contributed by atoms with Crippen molar-refractivity contribution in [2.24, 2.45) is 13.0 Å². The third-order valence-electron chi connectivity index (χ3n) is 6.66. The predicted molar refractivity (Wildman–Crippen MR) is 139 cm³/mol. The molecule has 35 heavy (non-hydrogen) atoms. The van der Waals surface area contributed by atoms with E-state index in [0.29, 0.717) is 29.8 Å². The van der Waals surface area contributed by atoms with Crippen molar-refractivity contribution in [3.05, 3.63) is 64.6 Å². The van der Waals surface area contributed by atoms with Crippen molar-refractivity contribution >= 4 is 11.6 Å². The normalized spacial score (nSPS) is 18.0. The van der Waals surface area contributed by atoms with Crippen LogP contribution in [-0.2, 0) is 13.6 Å². The zero-order chi connectivity index (χ0) is 25.1. The van der Waals surface area contributed by atoms with Gasteiger partial charge in [-0.25, -0.2) is 0 Å². The lowest BCUT2D eigenvalue weighted by molar-refractivity contribution is 0.0822. The fourth-order valence-corrected chi connectivity index (χ4v) is 4.79. The van der Waals surface area contributed by atoms with E-state index in [1.165, 1.54) is 10.5 Å². The van der Waals surface area contributed by atoms with E-state index >= 15 is 0 Å². The fraction of sp³-hybridized carbons (Fsp3) is 0.481. The van der Waals surface area contributed by atoms with Crippen molar-refractivity contribution in [3.8, 4) is 11.1 Å². The Kier molecular flexibility index (Phi) is 7.38. The maximum Gasteiger partial charge on any atom is 0.273 e. The first-order chi connectivity index (χ1) is 16.7. The molecule has 3 aromatic heterocycles. The summed E-state index contributed by atoms with van der Waals surface area (Å²) >= 11 is 0. The third-order valence-corrected chi connectivity index (χ3v) is 6.66. The average Bonchev–Trinajstić information content (AvgIpc) is 3.27. The van der Waals surface area contributed by atoms with Crippen molar-refractivity contribution < 1.29 is 4.79 Å². The molecule has 1 amide bonds. The first-order valence-electron chi connectivity index (χ1n) is 12.4. The Morgan fingerprint density at radius 3 is 2.43 bits per heavy atom. The molecule has 186 valence electrons. The molecule has 1 saturated carbocycles. The van der Waals surface area contributed by atoms with Gasteiger partial charge in [-0.15, -0.1) is 0 Å². The molecule has 1 N–H and O–H groups in total. The quantitative estimate of drug-likeness (QED) is 0.554. The van der Waals surface area contributed by atoms with E-state index in [1.807, 2.05) is 54.6 Å². The highest BCUT2D eigenvalue weighted by atomic mass is 16.2. The van der Waals surface area contributed by atoms with Crippen LogP contribution in [0.1, 0.15) is 61.5 Å². The molecule has 4 rings (SSSR count). The molecule has 1 fully saturated rings. The molecule has 0 aromatic carbocycles. The number of aryl methyl sites for hydroxylation is 1. The molecule has 0 atom stereocenters. The van der Waals surface area contributed by atoms with E-state index in [2.05, 4.69) is 29.2 Å². The van der Waals surface area contributed by atoms with Crippen molar-refractivity contribution in [1.82, 2.24) is 24.2 Å². The van der Waals surface area contributed by atoms with Crippen LogP contribution < -0.4 is 10.9 Å². The van der Waals surface area contributed by atoms with Gasteiger partial charge in [0.15, 0.2) is 0 Å². The first kappa shape index (κ1) is 24.7. The van der Waals surface area contributed by atoms with Gasteiger partial charge < -0.3 is 14.8 Å². The summed E-state index contributed by atoms with van der Waals surface area (Å²) in [5.41, 5.74) is 4.33. The monoisotopic (exact) mass is 476 g/mol. The summed E-state index contributed by atoms with van der Waals surface area (Å²) in [6.07, 6.45) is 11.6. The summed E-state index contributed by atoms with van der Waals surface area (Å²) in [4.78, 5) is 31.3. The molecule has 3 heterocycles. The van der Waals surface area contributed by atoms with Gasteiger partial charge in [-0.1, -0.05) is 19.9 Å². The Labute approximate surface area is 207 Å². The maximum absolute atomic E-state index is 13.2. The molecule has 8 heteroatoms. The van der Waals surface area contributed by atoms with Crippen molar-refractivity contribution in [3.63, 3.8) is 0 Å². The molecule has 0 spiro atoms. The summed E-state index contributed by atoms with van der Waals surface area (Å²) in [5.74, 6) is 0.706. The topological polar surface area (TPSA) is 85.1 Å². The van der Waals surface area contributed by atoms with Crippen LogP contribution in [0.5, 0.6) is 0 Å². The second-order valence-corrected chi connectivity index (χ2v) is 10.3. The molecule has 0 saturated heterocycles. The number of pyridine rings is 2. The number of nitrogens with one attached hydrogen (secondary N) is 1. The van der Waals surface area contributed by atoms with Gasteiger partial charge in [-0.2, -0.15) is 5.10 Å². The maximum atomic E-state index is 13.2. The summed E-state index contributed by atoms with van der Waals surface area (Å²) in [7, 11) is 5.36. The van der Waals surface area contributed by atoms with Gasteiger partial charge in [0.2, 0.25) is 0 Å². The summed E-state index contributed by atoms with van der Waals surface area (Å²) in [5, 5.41) is 7.86. The molecule has 1 aliphatic carbocycles. The number of hydrogen-bond donors (Lipinski definition) is 1. The predicted octanol–water partition coefficient (Wildman–Crippen LogP) is 4.14. The number of aromatic nitrogens is 4. The highest BCUT2D eigenvalue weighted by Gasteiger charge is 2.24.